The van der Waals surface area contributed by atoms with Crippen molar-refractivity contribution in [3.05, 3.63) is 46.3 Å². The molecule has 9 nitrogen and oxygen atoms in total. The minimum absolute atomic E-state index is 0.0240. The average Bonchev–Trinajstić information content (AvgIpc) is 3.44. The van der Waals surface area contributed by atoms with Crippen LogP contribution in [0.3, 0.4) is 0 Å². The molecule has 9 heteroatoms. The third-order valence-electron chi connectivity index (χ3n) is 6.71. The van der Waals surface area contributed by atoms with Crippen LogP contribution < -0.4 is 14.8 Å². The Balaban J connectivity index is 1.29. The molecule has 3 heterocycles. The summed E-state index contributed by atoms with van der Waals surface area (Å²) in [5, 5.41) is 2.99. The lowest BCUT2D eigenvalue weighted by atomic mass is 9.96. The van der Waals surface area contributed by atoms with Crippen LogP contribution in [0.2, 0.25) is 0 Å². The van der Waals surface area contributed by atoms with Crippen molar-refractivity contribution in [1.82, 2.24) is 15.2 Å². The van der Waals surface area contributed by atoms with Gasteiger partial charge in [-0.3, -0.25) is 9.59 Å². The zero-order valence-electron chi connectivity index (χ0n) is 20.6. The maximum atomic E-state index is 13.0. The first kappa shape index (κ1) is 24.6. The number of amides is 2. The van der Waals surface area contributed by atoms with Gasteiger partial charge >= 0.3 is 5.97 Å². The van der Waals surface area contributed by atoms with E-state index in [1.807, 2.05) is 32.0 Å². The summed E-state index contributed by atoms with van der Waals surface area (Å²) < 4.78 is 15.8. The number of hydrogen-bond acceptors (Lipinski definition) is 6. The second kappa shape index (κ2) is 10.8. The molecule has 35 heavy (non-hydrogen) atoms. The highest BCUT2D eigenvalue weighted by atomic mass is 16.7. The van der Waals surface area contributed by atoms with Gasteiger partial charge in [-0.2, -0.15) is 0 Å². The summed E-state index contributed by atoms with van der Waals surface area (Å²) in [4.78, 5) is 42.8. The van der Waals surface area contributed by atoms with Crippen molar-refractivity contribution >= 4 is 17.8 Å². The molecule has 0 aliphatic carbocycles. The van der Waals surface area contributed by atoms with Crippen LogP contribution in [0.5, 0.6) is 11.5 Å². The predicted molar refractivity (Wildman–Crippen MR) is 128 cm³/mol. The SMILES string of the molecule is CCOC(=O)c1[nH]c(C)c(CCC(=O)N2CCC[C@H](C(=O)NCc3ccc4c(c3)OCO4)C2)c1C. The molecule has 2 aliphatic heterocycles. The molecule has 0 unspecified atom stereocenters. The largest absolute Gasteiger partial charge is 0.461 e. The lowest BCUT2D eigenvalue weighted by molar-refractivity contribution is -0.135. The maximum Gasteiger partial charge on any atom is 0.355 e. The van der Waals surface area contributed by atoms with E-state index in [-0.39, 0.29) is 30.5 Å². The lowest BCUT2D eigenvalue weighted by Gasteiger charge is -2.32. The Kier molecular flexibility index (Phi) is 7.63. The molecule has 188 valence electrons. The fraction of sp³-hybridized carbons (Fsp3) is 0.500. The number of rotatable bonds is 8. The average molecular weight is 484 g/mol. The van der Waals surface area contributed by atoms with Gasteiger partial charge in [-0.05, 0) is 68.9 Å². The summed E-state index contributed by atoms with van der Waals surface area (Å²) in [6.07, 6.45) is 2.41. The van der Waals surface area contributed by atoms with Crippen molar-refractivity contribution in [1.29, 1.82) is 0 Å². The van der Waals surface area contributed by atoms with Crippen LogP contribution >= 0.6 is 0 Å². The Morgan fingerprint density at radius 2 is 2.00 bits per heavy atom. The van der Waals surface area contributed by atoms with E-state index in [9.17, 15) is 14.4 Å². The normalized spacial score (nSPS) is 16.8. The molecule has 1 fully saturated rings. The number of aromatic nitrogens is 1. The monoisotopic (exact) mass is 483 g/mol. The quantitative estimate of drug-likeness (QED) is 0.559. The van der Waals surface area contributed by atoms with E-state index in [4.69, 9.17) is 14.2 Å². The second-order valence-corrected chi connectivity index (χ2v) is 9.03. The number of benzene rings is 1. The van der Waals surface area contributed by atoms with Gasteiger partial charge in [0.25, 0.3) is 0 Å². The fourth-order valence-electron chi connectivity index (χ4n) is 4.76. The van der Waals surface area contributed by atoms with Crippen molar-refractivity contribution in [3.63, 3.8) is 0 Å². The standard InChI is InChI=1S/C26H33N3O6/c1-4-33-26(32)24-16(2)20(17(3)28-24)8-10-23(30)29-11-5-6-19(14-29)25(31)27-13-18-7-9-21-22(12-18)35-15-34-21/h7,9,12,19,28H,4-6,8,10-11,13-15H2,1-3H3,(H,27,31)/t19-/m0/s1. The lowest BCUT2D eigenvalue weighted by Crippen LogP contribution is -2.45. The van der Waals surface area contributed by atoms with E-state index in [0.717, 1.165) is 35.2 Å². The van der Waals surface area contributed by atoms with Gasteiger partial charge in [0.1, 0.15) is 5.69 Å². The number of aryl methyl sites for hydroxylation is 1. The van der Waals surface area contributed by atoms with Crippen molar-refractivity contribution in [2.75, 3.05) is 26.5 Å². The molecule has 1 saturated heterocycles. The molecule has 2 aliphatic rings. The van der Waals surface area contributed by atoms with E-state index < -0.39 is 0 Å². The van der Waals surface area contributed by atoms with Crippen molar-refractivity contribution < 1.29 is 28.6 Å². The van der Waals surface area contributed by atoms with Gasteiger partial charge in [0.2, 0.25) is 18.6 Å². The van der Waals surface area contributed by atoms with Crippen LogP contribution in [0.25, 0.3) is 0 Å². The predicted octanol–water partition coefficient (Wildman–Crippen LogP) is 3.02. The Morgan fingerprint density at radius 1 is 1.20 bits per heavy atom. The Hall–Kier alpha value is -3.49. The number of nitrogens with one attached hydrogen (secondary N) is 2. The van der Waals surface area contributed by atoms with Crippen molar-refractivity contribution in [2.24, 2.45) is 5.92 Å². The zero-order valence-corrected chi connectivity index (χ0v) is 20.6. The van der Waals surface area contributed by atoms with Gasteiger partial charge in [-0.25, -0.2) is 4.79 Å². The number of likely N-dealkylation sites (tertiary alicyclic amines) is 1. The van der Waals surface area contributed by atoms with Gasteiger partial charge in [0, 0.05) is 31.7 Å². The fourth-order valence-corrected chi connectivity index (χ4v) is 4.76. The molecule has 0 radical (unpaired) electrons. The number of hydrogen-bond donors (Lipinski definition) is 2. The van der Waals surface area contributed by atoms with Gasteiger partial charge in [0.05, 0.1) is 12.5 Å². The maximum absolute atomic E-state index is 13.0. The van der Waals surface area contributed by atoms with Gasteiger partial charge in [-0.15, -0.1) is 0 Å². The molecule has 0 saturated carbocycles. The van der Waals surface area contributed by atoms with E-state index in [1.54, 1.807) is 11.8 Å². The summed E-state index contributed by atoms with van der Waals surface area (Å²) in [7, 11) is 0. The Bertz CT molecular complexity index is 1110. The summed E-state index contributed by atoms with van der Waals surface area (Å²) in [6.45, 7) is 7.54. The highest BCUT2D eigenvalue weighted by Crippen LogP contribution is 2.32. The van der Waals surface area contributed by atoms with Crippen LogP contribution in [0.1, 0.15) is 59.1 Å². The van der Waals surface area contributed by atoms with Crippen LogP contribution in [0, 0.1) is 19.8 Å². The topological polar surface area (TPSA) is 110 Å². The van der Waals surface area contributed by atoms with Crippen LogP contribution in [0.4, 0.5) is 0 Å². The Morgan fingerprint density at radius 3 is 2.80 bits per heavy atom. The first-order valence-corrected chi connectivity index (χ1v) is 12.2. The number of nitrogens with zero attached hydrogens (tertiary/aromatic N) is 1. The van der Waals surface area contributed by atoms with Gasteiger partial charge < -0.3 is 29.4 Å². The number of H-pyrrole nitrogens is 1. The number of esters is 1. The Labute approximate surface area is 205 Å². The van der Waals surface area contributed by atoms with Crippen LogP contribution in [0.15, 0.2) is 18.2 Å². The third-order valence-corrected chi connectivity index (χ3v) is 6.71. The number of carbonyl (C=O) groups is 3. The van der Waals surface area contributed by atoms with E-state index in [0.29, 0.717) is 56.3 Å². The summed E-state index contributed by atoms with van der Waals surface area (Å²) in [6, 6.07) is 5.62. The summed E-state index contributed by atoms with van der Waals surface area (Å²) in [5.74, 6) is 0.772. The number of carbonyl (C=O) groups excluding carboxylic acids is 3. The molecule has 0 spiro atoms. The molecule has 1 atom stereocenters. The van der Waals surface area contributed by atoms with Crippen molar-refractivity contribution in [3.8, 4) is 11.5 Å². The highest BCUT2D eigenvalue weighted by molar-refractivity contribution is 5.90. The van der Waals surface area contributed by atoms with E-state index >= 15 is 0 Å². The number of fused-ring (bicyclic) bond motifs is 1. The first-order valence-electron chi connectivity index (χ1n) is 12.2. The molecule has 2 aromatic rings. The first-order chi connectivity index (χ1) is 16.9. The second-order valence-electron chi connectivity index (χ2n) is 9.03. The molecule has 2 N–H and O–H groups in total. The van der Waals surface area contributed by atoms with Crippen LogP contribution in [-0.4, -0.2) is 54.2 Å². The molecule has 2 amide bonds. The molecule has 4 rings (SSSR count). The highest BCUT2D eigenvalue weighted by Gasteiger charge is 2.29. The molecule has 1 aromatic heterocycles. The van der Waals surface area contributed by atoms with E-state index in [1.165, 1.54) is 0 Å². The molecular weight excluding hydrogens is 450 g/mol. The molecular formula is C26H33N3O6. The van der Waals surface area contributed by atoms with Crippen LogP contribution in [-0.2, 0) is 27.3 Å². The number of piperidine rings is 1. The minimum Gasteiger partial charge on any atom is -0.461 e. The van der Waals surface area contributed by atoms with Gasteiger partial charge in [0.15, 0.2) is 11.5 Å². The zero-order chi connectivity index (χ0) is 24.9. The van der Waals surface area contributed by atoms with Crippen molar-refractivity contribution in [2.45, 2.75) is 53.0 Å². The molecule has 0 bridgehead atoms. The third kappa shape index (κ3) is 5.61. The number of aromatic amines is 1. The summed E-state index contributed by atoms with van der Waals surface area (Å²) >= 11 is 0. The molecule has 1 aromatic carbocycles. The minimum atomic E-state index is -0.378. The number of ether oxygens (including phenoxy) is 3. The summed E-state index contributed by atoms with van der Waals surface area (Å²) in [5.41, 5.74) is 4.05. The van der Waals surface area contributed by atoms with E-state index in [2.05, 4.69) is 10.3 Å². The van der Waals surface area contributed by atoms with Gasteiger partial charge in [-0.1, -0.05) is 6.07 Å². The smallest absolute Gasteiger partial charge is 0.355 e.